The minimum Gasteiger partial charge on any atom is -0.396 e. The van der Waals surface area contributed by atoms with Crippen LogP contribution in [0.3, 0.4) is 0 Å². The highest BCUT2D eigenvalue weighted by atomic mass is 32.1. The fraction of sp³-hybridized carbons (Fsp3) is 0.111. The van der Waals surface area contributed by atoms with E-state index in [2.05, 4.69) is 0 Å². The maximum atomic E-state index is 13.1. The van der Waals surface area contributed by atoms with Crippen LogP contribution in [0.25, 0.3) is 10.1 Å². The fourth-order valence-electron chi connectivity index (χ4n) is 1.32. The Labute approximate surface area is 78.4 Å². The first kappa shape index (κ1) is 8.47. The maximum Gasteiger partial charge on any atom is 0.147 e. The van der Waals surface area contributed by atoms with Crippen molar-refractivity contribution in [2.45, 2.75) is 6.61 Å². The molecule has 1 heterocycles. The Morgan fingerprint density at radius 2 is 2.31 bits per heavy atom. The van der Waals surface area contributed by atoms with E-state index < -0.39 is 5.82 Å². The van der Waals surface area contributed by atoms with Crippen LogP contribution in [-0.4, -0.2) is 5.11 Å². The SMILES string of the molecule is Nc1c(F)cc2ccsc2c1CO. The Bertz CT molecular complexity index is 452. The average Bonchev–Trinajstić information content (AvgIpc) is 2.54. The number of aliphatic hydroxyl groups excluding tert-OH is 1. The summed E-state index contributed by atoms with van der Waals surface area (Å²) in [5, 5.41) is 11.7. The Balaban J connectivity index is 2.87. The van der Waals surface area contributed by atoms with Crippen molar-refractivity contribution >= 4 is 27.1 Å². The summed E-state index contributed by atoms with van der Waals surface area (Å²) < 4.78 is 14.0. The van der Waals surface area contributed by atoms with Gasteiger partial charge in [0.05, 0.1) is 12.3 Å². The van der Waals surface area contributed by atoms with Crippen LogP contribution in [0.2, 0.25) is 0 Å². The monoisotopic (exact) mass is 197 g/mol. The summed E-state index contributed by atoms with van der Waals surface area (Å²) >= 11 is 1.45. The number of rotatable bonds is 1. The fourth-order valence-corrected chi connectivity index (χ4v) is 2.25. The number of aliphatic hydroxyl groups is 1. The first-order chi connectivity index (χ1) is 6.24. The molecule has 4 heteroatoms. The van der Waals surface area contributed by atoms with Gasteiger partial charge in [0.2, 0.25) is 0 Å². The molecule has 1 aromatic carbocycles. The molecule has 0 saturated carbocycles. The van der Waals surface area contributed by atoms with E-state index in [1.807, 2.05) is 11.4 Å². The molecular formula is C9H8FNOS. The third-order valence-electron chi connectivity index (χ3n) is 1.99. The van der Waals surface area contributed by atoms with E-state index in [4.69, 9.17) is 10.8 Å². The normalized spacial score (nSPS) is 10.9. The van der Waals surface area contributed by atoms with Crippen LogP contribution >= 0.6 is 11.3 Å². The van der Waals surface area contributed by atoms with E-state index in [1.165, 1.54) is 17.4 Å². The summed E-state index contributed by atoms with van der Waals surface area (Å²) in [6.07, 6.45) is 0. The van der Waals surface area contributed by atoms with Crippen molar-refractivity contribution in [1.29, 1.82) is 0 Å². The number of fused-ring (bicyclic) bond motifs is 1. The lowest BCUT2D eigenvalue weighted by atomic mass is 10.1. The van der Waals surface area contributed by atoms with Gasteiger partial charge in [-0.15, -0.1) is 11.3 Å². The van der Waals surface area contributed by atoms with Gasteiger partial charge >= 0.3 is 0 Å². The molecule has 0 radical (unpaired) electrons. The Hall–Kier alpha value is -1.13. The van der Waals surface area contributed by atoms with Gasteiger partial charge in [0.1, 0.15) is 5.82 Å². The van der Waals surface area contributed by atoms with E-state index in [0.717, 1.165) is 10.1 Å². The van der Waals surface area contributed by atoms with Gasteiger partial charge < -0.3 is 10.8 Å². The molecule has 0 unspecified atom stereocenters. The number of anilines is 1. The van der Waals surface area contributed by atoms with Gasteiger partial charge in [-0.1, -0.05) is 0 Å². The molecule has 0 amide bonds. The van der Waals surface area contributed by atoms with Crippen molar-refractivity contribution in [1.82, 2.24) is 0 Å². The summed E-state index contributed by atoms with van der Waals surface area (Å²) in [5.74, 6) is -0.463. The number of thiophene rings is 1. The zero-order valence-corrected chi connectivity index (χ0v) is 7.57. The lowest BCUT2D eigenvalue weighted by Crippen LogP contribution is -1.97. The van der Waals surface area contributed by atoms with Gasteiger partial charge in [-0.25, -0.2) is 4.39 Å². The first-order valence-corrected chi connectivity index (χ1v) is 4.67. The molecule has 2 rings (SSSR count). The summed E-state index contributed by atoms with van der Waals surface area (Å²) in [5.41, 5.74) is 6.03. The standard InChI is InChI=1S/C9H8FNOS/c10-7-3-5-1-2-13-9(5)6(4-12)8(7)11/h1-3,12H,4,11H2. The van der Waals surface area contributed by atoms with Crippen molar-refractivity contribution in [2.24, 2.45) is 0 Å². The molecule has 0 saturated heterocycles. The lowest BCUT2D eigenvalue weighted by Gasteiger charge is -2.04. The molecule has 0 fully saturated rings. The highest BCUT2D eigenvalue weighted by molar-refractivity contribution is 7.17. The molecule has 1 aromatic heterocycles. The molecule has 0 bridgehead atoms. The van der Waals surface area contributed by atoms with Crippen LogP contribution in [0.1, 0.15) is 5.56 Å². The van der Waals surface area contributed by atoms with Gasteiger partial charge in [-0.2, -0.15) is 0 Å². The van der Waals surface area contributed by atoms with Crippen molar-refractivity contribution in [2.75, 3.05) is 5.73 Å². The van der Waals surface area contributed by atoms with Gasteiger partial charge in [-0.05, 0) is 22.9 Å². The zero-order valence-electron chi connectivity index (χ0n) is 6.75. The predicted molar refractivity (Wildman–Crippen MR) is 52.1 cm³/mol. The molecule has 2 nitrogen and oxygen atoms in total. The van der Waals surface area contributed by atoms with Gasteiger partial charge in [0, 0.05) is 10.3 Å². The van der Waals surface area contributed by atoms with E-state index in [9.17, 15) is 4.39 Å². The van der Waals surface area contributed by atoms with Crippen LogP contribution in [0, 0.1) is 5.82 Å². The second-order valence-electron chi connectivity index (χ2n) is 2.75. The molecule has 0 aliphatic carbocycles. The Morgan fingerprint density at radius 3 is 3.00 bits per heavy atom. The third-order valence-corrected chi connectivity index (χ3v) is 2.98. The smallest absolute Gasteiger partial charge is 0.147 e. The van der Waals surface area contributed by atoms with E-state index in [0.29, 0.717) is 5.56 Å². The Morgan fingerprint density at radius 1 is 1.54 bits per heavy atom. The number of halogens is 1. The minimum atomic E-state index is -0.463. The van der Waals surface area contributed by atoms with Crippen molar-refractivity contribution in [3.63, 3.8) is 0 Å². The van der Waals surface area contributed by atoms with Gasteiger partial charge in [0.25, 0.3) is 0 Å². The molecule has 13 heavy (non-hydrogen) atoms. The topological polar surface area (TPSA) is 46.2 Å². The van der Waals surface area contributed by atoms with Crippen molar-refractivity contribution < 1.29 is 9.50 Å². The maximum absolute atomic E-state index is 13.1. The summed E-state index contributed by atoms with van der Waals surface area (Å²) in [4.78, 5) is 0. The zero-order chi connectivity index (χ0) is 9.42. The second-order valence-corrected chi connectivity index (χ2v) is 3.66. The van der Waals surface area contributed by atoms with E-state index >= 15 is 0 Å². The number of hydrogen-bond donors (Lipinski definition) is 2. The van der Waals surface area contributed by atoms with Crippen LogP contribution in [0.5, 0.6) is 0 Å². The third kappa shape index (κ3) is 1.18. The Kier molecular flexibility index (Phi) is 1.94. The number of nitrogens with two attached hydrogens (primary N) is 1. The molecule has 0 spiro atoms. The molecule has 0 atom stereocenters. The molecule has 2 aromatic rings. The lowest BCUT2D eigenvalue weighted by molar-refractivity contribution is 0.284. The van der Waals surface area contributed by atoms with E-state index in [1.54, 1.807) is 0 Å². The van der Waals surface area contributed by atoms with Gasteiger partial charge in [-0.3, -0.25) is 0 Å². The van der Waals surface area contributed by atoms with Gasteiger partial charge in [0.15, 0.2) is 0 Å². The number of benzene rings is 1. The second kappa shape index (κ2) is 2.97. The van der Waals surface area contributed by atoms with E-state index in [-0.39, 0.29) is 12.3 Å². The summed E-state index contributed by atoms with van der Waals surface area (Å²) in [6, 6.07) is 3.20. The molecule has 68 valence electrons. The van der Waals surface area contributed by atoms with Crippen LogP contribution < -0.4 is 5.73 Å². The van der Waals surface area contributed by atoms with Crippen molar-refractivity contribution in [3.8, 4) is 0 Å². The van der Waals surface area contributed by atoms with Crippen LogP contribution in [0.4, 0.5) is 10.1 Å². The summed E-state index contributed by atoms with van der Waals surface area (Å²) in [6.45, 7) is -0.222. The summed E-state index contributed by atoms with van der Waals surface area (Å²) in [7, 11) is 0. The highest BCUT2D eigenvalue weighted by Gasteiger charge is 2.10. The molecule has 0 aliphatic rings. The average molecular weight is 197 g/mol. The predicted octanol–water partition coefficient (Wildman–Crippen LogP) is 2.11. The van der Waals surface area contributed by atoms with Crippen LogP contribution in [0.15, 0.2) is 17.5 Å². The first-order valence-electron chi connectivity index (χ1n) is 3.79. The largest absolute Gasteiger partial charge is 0.396 e. The molecule has 0 aliphatic heterocycles. The van der Waals surface area contributed by atoms with Crippen molar-refractivity contribution in [3.05, 3.63) is 28.9 Å². The van der Waals surface area contributed by atoms with Crippen LogP contribution in [-0.2, 0) is 6.61 Å². The molecule has 3 N–H and O–H groups in total. The number of hydrogen-bond acceptors (Lipinski definition) is 3. The molecular weight excluding hydrogens is 189 g/mol. The number of nitrogen functional groups attached to an aromatic ring is 1. The quantitative estimate of drug-likeness (QED) is 0.688. The minimum absolute atomic E-state index is 0.0532. The highest BCUT2D eigenvalue weighted by Crippen LogP contribution is 2.31.